The van der Waals surface area contributed by atoms with Crippen molar-refractivity contribution < 1.29 is 17.6 Å². The van der Waals surface area contributed by atoms with Gasteiger partial charge in [-0.15, -0.1) is 0 Å². The molecule has 3 aromatic rings. The molecule has 0 unspecified atom stereocenters. The first kappa shape index (κ1) is 21.4. The number of amides is 1. The minimum absolute atomic E-state index is 0.166. The fraction of sp³-hybridized carbons (Fsp3) is 0.261. The van der Waals surface area contributed by atoms with Crippen molar-refractivity contribution in [3.05, 3.63) is 72.5 Å². The molecule has 1 saturated heterocycles. The quantitative estimate of drug-likeness (QED) is 0.637. The fourth-order valence-electron chi connectivity index (χ4n) is 3.71. The van der Waals surface area contributed by atoms with E-state index in [1.165, 1.54) is 16.4 Å². The first-order chi connectivity index (χ1) is 14.9. The minimum atomic E-state index is -3.57. The number of carbonyl (C=O) groups is 1. The number of hydrogen-bond donors (Lipinski definition) is 1. The average molecular weight is 442 g/mol. The molecule has 0 aromatic heterocycles. The number of benzene rings is 3. The van der Waals surface area contributed by atoms with Crippen molar-refractivity contribution >= 4 is 32.4 Å². The number of para-hydroxylation sites is 1. The Morgan fingerprint density at radius 3 is 2.32 bits per heavy atom. The molecule has 3 aromatic carbocycles. The van der Waals surface area contributed by atoms with Gasteiger partial charge in [-0.05, 0) is 35.0 Å². The number of hydrogen-bond acceptors (Lipinski definition) is 4. The fourth-order valence-corrected chi connectivity index (χ4v) is 5.16. The molecule has 1 heterocycles. The van der Waals surface area contributed by atoms with Crippen molar-refractivity contribution in [1.82, 2.24) is 9.21 Å². The van der Waals surface area contributed by atoms with Crippen LogP contribution in [0.5, 0.6) is 0 Å². The van der Waals surface area contributed by atoms with E-state index in [4.69, 9.17) is 0 Å². The Morgan fingerprint density at radius 2 is 1.58 bits per heavy atom. The van der Waals surface area contributed by atoms with Gasteiger partial charge in [0.15, 0.2) is 0 Å². The van der Waals surface area contributed by atoms with Crippen LogP contribution in [0.3, 0.4) is 0 Å². The summed E-state index contributed by atoms with van der Waals surface area (Å²) in [5, 5.41) is 4.46. The zero-order chi connectivity index (χ0) is 21.8. The van der Waals surface area contributed by atoms with Crippen LogP contribution < -0.4 is 5.32 Å². The first-order valence-corrected chi connectivity index (χ1v) is 11.6. The molecule has 4 rings (SSSR count). The van der Waals surface area contributed by atoms with E-state index in [0.717, 1.165) is 10.8 Å². The van der Waals surface area contributed by atoms with Gasteiger partial charge in [0.1, 0.15) is 5.82 Å². The number of anilines is 1. The molecule has 0 bridgehead atoms. The van der Waals surface area contributed by atoms with Gasteiger partial charge in [-0.2, -0.15) is 4.31 Å². The van der Waals surface area contributed by atoms with Crippen LogP contribution >= 0.6 is 0 Å². The Labute approximate surface area is 181 Å². The van der Waals surface area contributed by atoms with Crippen molar-refractivity contribution in [2.45, 2.75) is 11.3 Å². The maximum absolute atomic E-state index is 13.6. The van der Waals surface area contributed by atoms with Crippen LogP contribution in [-0.2, 0) is 14.8 Å². The molecular weight excluding hydrogens is 417 g/mol. The molecule has 1 N–H and O–H groups in total. The van der Waals surface area contributed by atoms with Crippen molar-refractivity contribution in [3.63, 3.8) is 0 Å². The highest BCUT2D eigenvalue weighted by atomic mass is 32.2. The van der Waals surface area contributed by atoms with Crippen LogP contribution in [-0.4, -0.2) is 56.3 Å². The van der Waals surface area contributed by atoms with E-state index in [2.05, 4.69) is 5.32 Å². The molecule has 31 heavy (non-hydrogen) atoms. The molecule has 1 aliphatic heterocycles. The molecule has 0 saturated carbocycles. The number of halogens is 1. The molecule has 0 atom stereocenters. The van der Waals surface area contributed by atoms with E-state index in [0.29, 0.717) is 37.6 Å². The van der Waals surface area contributed by atoms with Crippen LogP contribution in [0.15, 0.2) is 71.6 Å². The monoisotopic (exact) mass is 441 g/mol. The van der Waals surface area contributed by atoms with Crippen molar-refractivity contribution in [2.75, 3.05) is 38.0 Å². The van der Waals surface area contributed by atoms with Gasteiger partial charge in [0.2, 0.25) is 15.9 Å². The summed E-state index contributed by atoms with van der Waals surface area (Å²) in [6, 6.07) is 18.9. The normalized spacial score (nSPS) is 15.8. The summed E-state index contributed by atoms with van der Waals surface area (Å²) in [6.45, 7) is 2.30. The Bertz CT molecular complexity index is 1190. The SMILES string of the molecule is O=C(CCN1CCN(S(=O)(=O)c2ccc3ccccc3c2)CC1)Nc1ccccc1F. The minimum Gasteiger partial charge on any atom is -0.324 e. The van der Waals surface area contributed by atoms with Gasteiger partial charge < -0.3 is 10.2 Å². The molecular formula is C23H24FN3O3S. The summed E-state index contributed by atoms with van der Waals surface area (Å²) >= 11 is 0. The third kappa shape index (κ3) is 4.92. The van der Waals surface area contributed by atoms with Crippen molar-refractivity contribution in [1.29, 1.82) is 0 Å². The summed E-state index contributed by atoms with van der Waals surface area (Å²) in [6.07, 6.45) is 0.214. The van der Waals surface area contributed by atoms with E-state index in [-0.39, 0.29) is 18.0 Å². The second kappa shape index (κ2) is 9.13. The lowest BCUT2D eigenvalue weighted by Gasteiger charge is -2.33. The van der Waals surface area contributed by atoms with Gasteiger partial charge in [0.25, 0.3) is 0 Å². The molecule has 0 radical (unpaired) electrons. The van der Waals surface area contributed by atoms with E-state index >= 15 is 0 Å². The lowest BCUT2D eigenvalue weighted by molar-refractivity contribution is -0.116. The van der Waals surface area contributed by atoms with Gasteiger partial charge in [-0.25, -0.2) is 12.8 Å². The lowest BCUT2D eigenvalue weighted by atomic mass is 10.1. The Hall–Kier alpha value is -2.81. The zero-order valence-electron chi connectivity index (χ0n) is 17.0. The van der Waals surface area contributed by atoms with E-state index in [1.807, 2.05) is 35.2 Å². The Kier molecular flexibility index (Phi) is 6.31. The highest BCUT2D eigenvalue weighted by Crippen LogP contribution is 2.23. The summed E-state index contributed by atoms with van der Waals surface area (Å²) in [5.74, 6) is -0.736. The summed E-state index contributed by atoms with van der Waals surface area (Å²) in [4.78, 5) is 14.5. The van der Waals surface area contributed by atoms with Gasteiger partial charge in [-0.1, -0.05) is 42.5 Å². The molecule has 0 spiro atoms. The predicted octanol–water partition coefficient (Wildman–Crippen LogP) is 3.31. The number of nitrogens with one attached hydrogen (secondary N) is 1. The lowest BCUT2D eigenvalue weighted by Crippen LogP contribution is -2.49. The van der Waals surface area contributed by atoms with Crippen molar-refractivity contribution in [2.24, 2.45) is 0 Å². The van der Waals surface area contributed by atoms with Crippen molar-refractivity contribution in [3.8, 4) is 0 Å². The first-order valence-electron chi connectivity index (χ1n) is 10.2. The Morgan fingerprint density at radius 1 is 0.903 bits per heavy atom. The third-order valence-corrected chi connectivity index (χ3v) is 7.39. The maximum Gasteiger partial charge on any atom is 0.243 e. The number of nitrogens with zero attached hydrogens (tertiary/aromatic N) is 2. The maximum atomic E-state index is 13.6. The second-order valence-corrected chi connectivity index (χ2v) is 9.47. The number of fused-ring (bicyclic) bond motifs is 1. The van der Waals surface area contributed by atoms with Crippen LogP contribution in [0.4, 0.5) is 10.1 Å². The molecule has 0 aliphatic carbocycles. The molecule has 162 valence electrons. The van der Waals surface area contributed by atoms with E-state index in [1.54, 1.807) is 24.3 Å². The van der Waals surface area contributed by atoms with Gasteiger partial charge in [0.05, 0.1) is 10.6 Å². The number of rotatable bonds is 6. The van der Waals surface area contributed by atoms with Gasteiger partial charge in [-0.3, -0.25) is 4.79 Å². The van der Waals surface area contributed by atoms with E-state index in [9.17, 15) is 17.6 Å². The average Bonchev–Trinajstić information content (AvgIpc) is 2.79. The van der Waals surface area contributed by atoms with Crippen LogP contribution in [0.25, 0.3) is 10.8 Å². The van der Waals surface area contributed by atoms with E-state index < -0.39 is 15.8 Å². The van der Waals surface area contributed by atoms with Crippen LogP contribution in [0.2, 0.25) is 0 Å². The zero-order valence-corrected chi connectivity index (χ0v) is 17.8. The molecule has 1 aliphatic rings. The summed E-state index contributed by atoms with van der Waals surface area (Å²) < 4.78 is 41.2. The molecule has 1 amide bonds. The summed E-state index contributed by atoms with van der Waals surface area (Å²) in [7, 11) is -3.57. The molecule has 1 fully saturated rings. The number of piperazine rings is 1. The highest BCUT2D eigenvalue weighted by molar-refractivity contribution is 7.89. The topological polar surface area (TPSA) is 69.7 Å². The summed E-state index contributed by atoms with van der Waals surface area (Å²) in [5.41, 5.74) is 0.166. The van der Waals surface area contributed by atoms with Gasteiger partial charge >= 0.3 is 0 Å². The highest BCUT2D eigenvalue weighted by Gasteiger charge is 2.28. The second-order valence-electron chi connectivity index (χ2n) is 7.53. The smallest absolute Gasteiger partial charge is 0.243 e. The van der Waals surface area contributed by atoms with Crippen LogP contribution in [0.1, 0.15) is 6.42 Å². The molecule has 6 nitrogen and oxygen atoms in total. The standard InChI is InChI=1S/C23H24FN3O3S/c24-21-7-3-4-8-22(21)25-23(28)11-12-26-13-15-27(16-14-26)31(29,30)20-10-9-18-5-1-2-6-19(18)17-20/h1-10,17H,11-16H2,(H,25,28). The van der Waals surface area contributed by atoms with Crippen LogP contribution in [0, 0.1) is 5.82 Å². The Balaban J connectivity index is 1.31. The third-order valence-electron chi connectivity index (χ3n) is 5.49. The number of carbonyl (C=O) groups excluding carboxylic acids is 1. The largest absolute Gasteiger partial charge is 0.324 e. The number of sulfonamides is 1. The van der Waals surface area contributed by atoms with Gasteiger partial charge in [0, 0.05) is 39.1 Å². The predicted molar refractivity (Wildman–Crippen MR) is 119 cm³/mol. The molecule has 8 heteroatoms.